The lowest BCUT2D eigenvalue weighted by Gasteiger charge is -2.12. The molecule has 1 aromatic carbocycles. The highest BCUT2D eigenvalue weighted by Crippen LogP contribution is 2.13. The molecule has 1 heterocycles. The van der Waals surface area contributed by atoms with Crippen molar-refractivity contribution in [3.05, 3.63) is 71.0 Å². The smallest absolute Gasteiger partial charge is 0.129 e. The quantitative estimate of drug-likeness (QED) is 0.516. The fraction of sp³-hybridized carbons (Fsp3) is 0.350. The van der Waals surface area contributed by atoms with Crippen molar-refractivity contribution in [2.24, 2.45) is 5.73 Å². The molecule has 0 saturated heterocycles. The Bertz CT molecular complexity index is 571. The van der Waals surface area contributed by atoms with Crippen LogP contribution in [0.3, 0.4) is 0 Å². The van der Waals surface area contributed by atoms with Crippen LogP contribution < -0.4 is 11.1 Å². The zero-order valence-electron chi connectivity index (χ0n) is 15.4. The molecule has 138 valence electrons. The fourth-order valence-electron chi connectivity index (χ4n) is 1.99. The van der Waals surface area contributed by atoms with E-state index in [0.717, 1.165) is 24.1 Å². The molecule has 1 atom stereocenters. The number of rotatable bonds is 7. The molecule has 1 unspecified atom stereocenters. The van der Waals surface area contributed by atoms with Crippen LogP contribution in [0.4, 0.5) is 0 Å². The number of benzene rings is 1. The van der Waals surface area contributed by atoms with Gasteiger partial charge in [0, 0.05) is 18.3 Å². The van der Waals surface area contributed by atoms with Gasteiger partial charge >= 0.3 is 0 Å². The summed E-state index contributed by atoms with van der Waals surface area (Å²) in [7, 11) is 1.50. The van der Waals surface area contributed by atoms with Gasteiger partial charge in [-0.2, -0.15) is 0 Å². The minimum atomic E-state index is -0.571. The summed E-state index contributed by atoms with van der Waals surface area (Å²) in [5, 5.41) is 13.7. The fourth-order valence-corrected chi connectivity index (χ4v) is 2.11. The first-order valence-corrected chi connectivity index (χ1v) is 8.86. The van der Waals surface area contributed by atoms with Crippen LogP contribution in [0.5, 0.6) is 0 Å². The van der Waals surface area contributed by atoms with Gasteiger partial charge in [-0.3, -0.25) is 0 Å². The highest BCUT2D eigenvalue weighted by Gasteiger charge is 2.07. The Morgan fingerprint density at radius 3 is 2.36 bits per heavy atom. The normalized spacial score (nSPS) is 10.6. The van der Waals surface area contributed by atoms with Crippen molar-refractivity contribution < 1.29 is 5.11 Å². The molecular formula is C20H30ClN3O. The molecule has 1 aromatic heterocycles. The first kappa shape index (κ1) is 23.3. The summed E-state index contributed by atoms with van der Waals surface area (Å²) >= 11 is 5.72. The molecule has 4 nitrogen and oxygen atoms in total. The minimum Gasteiger partial charge on any atom is -0.387 e. The van der Waals surface area contributed by atoms with Crippen LogP contribution in [0.2, 0.25) is 5.15 Å². The van der Waals surface area contributed by atoms with E-state index in [1.165, 1.54) is 12.6 Å². The Morgan fingerprint density at radius 2 is 1.84 bits per heavy atom. The summed E-state index contributed by atoms with van der Waals surface area (Å²) in [6, 6.07) is 11.8. The largest absolute Gasteiger partial charge is 0.387 e. The Kier molecular flexibility index (Phi) is 13.6. The standard InChI is InChI=1S/C17H19ClN2O.C2H6.CH5N/c1-2-13-3-5-14(6-4-13)9-10-19-12-16(21)15-7-8-17(18)20-11-15;2*1-2/h2-8,11,16,19,21H,1,9-10,12H2;1-2H3;2H2,1H3. The summed E-state index contributed by atoms with van der Waals surface area (Å²) in [5.41, 5.74) is 7.65. The molecule has 2 aromatic rings. The van der Waals surface area contributed by atoms with Crippen LogP contribution in [0, 0.1) is 0 Å². The van der Waals surface area contributed by atoms with Gasteiger partial charge in [-0.25, -0.2) is 4.98 Å². The number of nitrogens with one attached hydrogen (secondary N) is 1. The number of hydrogen-bond donors (Lipinski definition) is 3. The van der Waals surface area contributed by atoms with Crippen LogP contribution in [-0.4, -0.2) is 30.2 Å². The number of halogens is 1. The van der Waals surface area contributed by atoms with Crippen molar-refractivity contribution in [1.82, 2.24) is 10.3 Å². The van der Waals surface area contributed by atoms with E-state index in [4.69, 9.17) is 11.6 Å². The summed E-state index contributed by atoms with van der Waals surface area (Å²) < 4.78 is 0. The van der Waals surface area contributed by atoms with Gasteiger partial charge in [0.25, 0.3) is 0 Å². The molecule has 0 radical (unpaired) electrons. The van der Waals surface area contributed by atoms with Crippen molar-refractivity contribution in [2.45, 2.75) is 26.4 Å². The lowest BCUT2D eigenvalue weighted by molar-refractivity contribution is 0.174. The van der Waals surface area contributed by atoms with Gasteiger partial charge in [-0.1, -0.05) is 68.4 Å². The zero-order chi connectivity index (χ0) is 19.1. The van der Waals surface area contributed by atoms with Crippen LogP contribution in [-0.2, 0) is 6.42 Å². The molecule has 5 heteroatoms. The Hall–Kier alpha value is -1.72. The van der Waals surface area contributed by atoms with Gasteiger partial charge < -0.3 is 16.2 Å². The van der Waals surface area contributed by atoms with E-state index in [1.54, 1.807) is 18.3 Å². The van der Waals surface area contributed by atoms with Gasteiger partial charge in [0.05, 0.1) is 6.10 Å². The van der Waals surface area contributed by atoms with E-state index in [-0.39, 0.29) is 0 Å². The highest BCUT2D eigenvalue weighted by atomic mass is 35.5. The predicted molar refractivity (Wildman–Crippen MR) is 109 cm³/mol. The van der Waals surface area contributed by atoms with Crippen LogP contribution in [0.15, 0.2) is 49.2 Å². The van der Waals surface area contributed by atoms with E-state index in [2.05, 4.69) is 46.9 Å². The van der Waals surface area contributed by atoms with Gasteiger partial charge in [0.1, 0.15) is 5.15 Å². The maximum absolute atomic E-state index is 10.0. The molecule has 0 amide bonds. The Morgan fingerprint density at radius 1 is 1.20 bits per heavy atom. The molecule has 2 rings (SSSR count). The van der Waals surface area contributed by atoms with Crippen molar-refractivity contribution in [3.63, 3.8) is 0 Å². The third kappa shape index (κ3) is 9.37. The van der Waals surface area contributed by atoms with Crippen molar-refractivity contribution in [1.29, 1.82) is 0 Å². The lowest BCUT2D eigenvalue weighted by atomic mass is 10.1. The average Bonchev–Trinajstić information content (AvgIpc) is 2.69. The third-order valence-corrected chi connectivity index (χ3v) is 3.50. The molecule has 0 spiro atoms. The summed E-state index contributed by atoms with van der Waals surface area (Å²) in [6.45, 7) is 9.04. The van der Waals surface area contributed by atoms with E-state index in [0.29, 0.717) is 11.7 Å². The first-order chi connectivity index (χ1) is 12.2. The lowest BCUT2D eigenvalue weighted by Crippen LogP contribution is -2.23. The van der Waals surface area contributed by atoms with E-state index in [9.17, 15) is 5.11 Å². The summed E-state index contributed by atoms with van der Waals surface area (Å²) in [5.74, 6) is 0. The SMILES string of the molecule is C=Cc1ccc(CCNCC(O)c2ccc(Cl)nc2)cc1.CC.CN. The number of aliphatic hydroxyl groups is 1. The van der Waals surface area contributed by atoms with E-state index in [1.807, 2.05) is 19.9 Å². The first-order valence-electron chi connectivity index (χ1n) is 8.48. The molecule has 0 aliphatic rings. The molecule has 25 heavy (non-hydrogen) atoms. The second-order valence-electron chi connectivity index (χ2n) is 4.83. The van der Waals surface area contributed by atoms with Crippen LogP contribution in [0.25, 0.3) is 6.08 Å². The molecule has 0 saturated carbocycles. The number of aliphatic hydroxyl groups excluding tert-OH is 1. The van der Waals surface area contributed by atoms with Gasteiger partial charge in [-0.05, 0) is 37.2 Å². The summed E-state index contributed by atoms with van der Waals surface area (Å²) in [6.07, 6.45) is 3.78. The van der Waals surface area contributed by atoms with Gasteiger partial charge in [-0.15, -0.1) is 0 Å². The predicted octanol–water partition coefficient (Wildman–Crippen LogP) is 3.84. The van der Waals surface area contributed by atoms with Gasteiger partial charge in [0.15, 0.2) is 0 Å². The Labute approximate surface area is 156 Å². The number of nitrogens with two attached hydrogens (primary N) is 1. The highest BCUT2D eigenvalue weighted by molar-refractivity contribution is 6.29. The molecule has 0 bridgehead atoms. The second kappa shape index (κ2) is 14.6. The second-order valence-corrected chi connectivity index (χ2v) is 5.22. The van der Waals surface area contributed by atoms with Crippen molar-refractivity contribution in [3.8, 4) is 0 Å². The maximum atomic E-state index is 10.0. The topological polar surface area (TPSA) is 71.2 Å². The van der Waals surface area contributed by atoms with Crippen LogP contribution >= 0.6 is 11.6 Å². The van der Waals surface area contributed by atoms with Crippen molar-refractivity contribution in [2.75, 3.05) is 20.1 Å². The minimum absolute atomic E-state index is 0.432. The number of nitrogens with zero attached hydrogens (tertiary/aromatic N) is 1. The third-order valence-electron chi connectivity index (χ3n) is 3.28. The van der Waals surface area contributed by atoms with Crippen molar-refractivity contribution >= 4 is 17.7 Å². The number of aromatic nitrogens is 1. The maximum Gasteiger partial charge on any atom is 0.129 e. The van der Waals surface area contributed by atoms with E-state index >= 15 is 0 Å². The van der Waals surface area contributed by atoms with Gasteiger partial charge in [0.2, 0.25) is 0 Å². The monoisotopic (exact) mass is 363 g/mol. The molecule has 4 N–H and O–H groups in total. The Balaban J connectivity index is 0.00000134. The van der Waals surface area contributed by atoms with E-state index < -0.39 is 6.10 Å². The molecular weight excluding hydrogens is 334 g/mol. The molecule has 0 fully saturated rings. The average molecular weight is 364 g/mol. The summed E-state index contributed by atoms with van der Waals surface area (Å²) in [4.78, 5) is 3.96. The number of hydrogen-bond acceptors (Lipinski definition) is 4. The van der Waals surface area contributed by atoms with Crippen LogP contribution in [0.1, 0.15) is 36.6 Å². The number of pyridine rings is 1. The zero-order valence-corrected chi connectivity index (χ0v) is 16.1. The molecule has 0 aliphatic carbocycles. The molecule has 0 aliphatic heterocycles.